The molecule has 0 atom stereocenters. The summed E-state index contributed by atoms with van der Waals surface area (Å²) in [4.78, 5) is 9.72. The summed E-state index contributed by atoms with van der Waals surface area (Å²) in [5.41, 5.74) is 0.548. The van der Waals surface area contributed by atoms with Crippen LogP contribution in [0.1, 0.15) is 0 Å². The predicted molar refractivity (Wildman–Crippen MR) is 56.1 cm³/mol. The van der Waals surface area contributed by atoms with Gasteiger partial charge in [-0.15, -0.1) is 0 Å². The number of hydrogen-bond donors (Lipinski definition) is 0. The number of pyridine rings is 1. The first-order chi connectivity index (χ1) is 6.11. The van der Waals surface area contributed by atoms with Crippen LogP contribution in [-0.4, -0.2) is 30.3 Å². The van der Waals surface area contributed by atoms with Crippen molar-refractivity contribution in [2.45, 2.75) is 0 Å². The highest BCUT2D eigenvalue weighted by atomic mass is 35.5. The zero-order valence-corrected chi connectivity index (χ0v) is 8.84. The summed E-state index contributed by atoms with van der Waals surface area (Å²) in [6.07, 6.45) is 4.65. The molecule has 13 heavy (non-hydrogen) atoms. The molecule has 0 aliphatic carbocycles. The van der Waals surface area contributed by atoms with Crippen LogP contribution in [-0.2, 0) is 0 Å². The summed E-state index contributed by atoms with van der Waals surface area (Å²) in [7, 11) is 3.74. The summed E-state index contributed by atoms with van der Waals surface area (Å²) in [5, 5.41) is 0.899. The van der Waals surface area contributed by atoms with Gasteiger partial charge < -0.3 is 4.90 Å². The van der Waals surface area contributed by atoms with Crippen molar-refractivity contribution in [3.8, 4) is 0 Å². The minimum absolute atomic E-state index is 0.450. The Morgan fingerprint density at radius 3 is 2.31 bits per heavy atom. The fraction of sp³-hybridized carbons (Fsp3) is 0.250. The van der Waals surface area contributed by atoms with Crippen LogP contribution in [0.5, 0.6) is 0 Å². The molecule has 1 rings (SSSR count). The minimum Gasteiger partial charge on any atom is -0.369 e. The fourth-order valence-electron chi connectivity index (χ4n) is 0.701. The molecule has 0 bridgehead atoms. The van der Waals surface area contributed by atoms with Crippen LogP contribution in [0.15, 0.2) is 17.4 Å². The Morgan fingerprint density at radius 2 is 1.85 bits per heavy atom. The molecule has 0 amide bonds. The maximum Gasteiger partial charge on any atom is 0.105 e. The summed E-state index contributed by atoms with van der Waals surface area (Å²) >= 11 is 11.7. The molecule has 1 aromatic rings. The largest absolute Gasteiger partial charge is 0.369 e. The summed E-state index contributed by atoms with van der Waals surface area (Å²) in [5.74, 6) is 0. The van der Waals surface area contributed by atoms with Crippen molar-refractivity contribution >= 4 is 35.2 Å². The lowest BCUT2D eigenvalue weighted by atomic mass is 10.4. The lowest BCUT2D eigenvalue weighted by Crippen LogP contribution is -2.07. The molecule has 0 N–H and O–H groups in total. The van der Waals surface area contributed by atoms with Crippen molar-refractivity contribution < 1.29 is 0 Å². The van der Waals surface area contributed by atoms with Crippen molar-refractivity contribution in [3.63, 3.8) is 0 Å². The van der Waals surface area contributed by atoms with Gasteiger partial charge in [0.05, 0.1) is 16.4 Å². The van der Waals surface area contributed by atoms with Crippen LogP contribution in [0.4, 0.5) is 5.69 Å². The molecule has 70 valence electrons. The first-order valence-electron chi connectivity index (χ1n) is 3.61. The molecule has 0 saturated carbocycles. The molecule has 0 aliphatic heterocycles. The third kappa shape index (κ3) is 2.86. The van der Waals surface area contributed by atoms with Gasteiger partial charge in [0.1, 0.15) is 5.69 Å². The van der Waals surface area contributed by atoms with E-state index < -0.39 is 0 Å². The molecule has 0 aromatic carbocycles. The normalized spacial score (nSPS) is 10.8. The Bertz CT molecular complexity index is 303. The first kappa shape index (κ1) is 10.3. The molecule has 5 heteroatoms. The van der Waals surface area contributed by atoms with Gasteiger partial charge in [-0.25, -0.2) is 4.99 Å². The Balaban J connectivity index is 3.00. The zero-order chi connectivity index (χ0) is 9.84. The van der Waals surface area contributed by atoms with Gasteiger partial charge in [-0.05, 0) is 0 Å². The first-order valence-corrected chi connectivity index (χ1v) is 4.36. The van der Waals surface area contributed by atoms with Crippen molar-refractivity contribution in [1.82, 2.24) is 9.88 Å². The van der Waals surface area contributed by atoms with Crippen LogP contribution in [0.3, 0.4) is 0 Å². The monoisotopic (exact) mass is 217 g/mol. The number of hydrogen-bond acceptors (Lipinski definition) is 2. The molecular formula is C8H9Cl2N3. The quantitative estimate of drug-likeness (QED) is 0.563. The number of nitrogens with zero attached hydrogens (tertiary/aromatic N) is 3. The minimum atomic E-state index is 0.450. The van der Waals surface area contributed by atoms with Crippen molar-refractivity contribution in [2.24, 2.45) is 4.99 Å². The van der Waals surface area contributed by atoms with E-state index >= 15 is 0 Å². The average Bonchev–Trinajstić information content (AvgIpc) is 2.03. The van der Waals surface area contributed by atoms with E-state index in [4.69, 9.17) is 23.2 Å². The van der Waals surface area contributed by atoms with E-state index in [1.54, 1.807) is 11.2 Å². The van der Waals surface area contributed by atoms with Gasteiger partial charge in [-0.1, -0.05) is 23.2 Å². The second-order valence-corrected chi connectivity index (χ2v) is 3.47. The number of halogens is 2. The molecule has 1 heterocycles. The molecule has 0 fully saturated rings. The van der Waals surface area contributed by atoms with E-state index in [-0.39, 0.29) is 0 Å². The Morgan fingerprint density at radius 1 is 1.31 bits per heavy atom. The van der Waals surface area contributed by atoms with Crippen molar-refractivity contribution in [2.75, 3.05) is 14.1 Å². The van der Waals surface area contributed by atoms with E-state index in [0.29, 0.717) is 15.7 Å². The summed E-state index contributed by atoms with van der Waals surface area (Å²) < 4.78 is 0. The smallest absolute Gasteiger partial charge is 0.105 e. The molecular weight excluding hydrogens is 209 g/mol. The van der Waals surface area contributed by atoms with E-state index in [1.165, 1.54) is 12.4 Å². The number of aromatic nitrogens is 1. The average molecular weight is 218 g/mol. The Labute approximate surface area is 87.0 Å². The highest BCUT2D eigenvalue weighted by Gasteiger charge is 2.02. The molecule has 3 nitrogen and oxygen atoms in total. The van der Waals surface area contributed by atoms with Gasteiger partial charge in [0.2, 0.25) is 0 Å². The lowest BCUT2D eigenvalue weighted by molar-refractivity contribution is 0.643. The molecule has 0 radical (unpaired) electrons. The molecule has 0 aliphatic rings. The highest BCUT2D eigenvalue weighted by molar-refractivity contribution is 6.38. The number of aliphatic imine (C=N–C) groups is 1. The fourth-order valence-corrected chi connectivity index (χ4v) is 1.16. The lowest BCUT2D eigenvalue weighted by Gasteiger charge is -2.04. The SMILES string of the molecule is CN(C)C=Nc1c(Cl)cncc1Cl. The van der Waals surface area contributed by atoms with E-state index in [2.05, 4.69) is 9.98 Å². The third-order valence-corrected chi connectivity index (χ3v) is 1.80. The van der Waals surface area contributed by atoms with Crippen LogP contribution in [0.2, 0.25) is 10.0 Å². The van der Waals surface area contributed by atoms with Gasteiger partial charge in [0.25, 0.3) is 0 Å². The van der Waals surface area contributed by atoms with Crippen molar-refractivity contribution in [1.29, 1.82) is 0 Å². The van der Waals surface area contributed by atoms with Gasteiger partial charge in [-0.3, -0.25) is 4.98 Å². The van der Waals surface area contributed by atoms with E-state index in [0.717, 1.165) is 0 Å². The van der Waals surface area contributed by atoms with Crippen LogP contribution < -0.4 is 0 Å². The van der Waals surface area contributed by atoms with E-state index in [9.17, 15) is 0 Å². The molecule has 0 unspecified atom stereocenters. The van der Waals surface area contributed by atoms with Gasteiger partial charge in [-0.2, -0.15) is 0 Å². The maximum atomic E-state index is 5.83. The molecule has 1 aromatic heterocycles. The summed E-state index contributed by atoms with van der Waals surface area (Å²) in [6.45, 7) is 0. The van der Waals surface area contributed by atoms with Crippen LogP contribution >= 0.6 is 23.2 Å². The predicted octanol–water partition coefficient (Wildman–Crippen LogP) is 2.61. The number of rotatable bonds is 2. The third-order valence-electron chi connectivity index (χ3n) is 1.25. The molecule has 0 spiro atoms. The van der Waals surface area contributed by atoms with Crippen molar-refractivity contribution in [3.05, 3.63) is 22.4 Å². The van der Waals surface area contributed by atoms with Crippen LogP contribution in [0.25, 0.3) is 0 Å². The van der Waals surface area contributed by atoms with Gasteiger partial charge in [0.15, 0.2) is 0 Å². The van der Waals surface area contributed by atoms with Gasteiger partial charge >= 0.3 is 0 Å². The standard InChI is InChI=1S/C8H9Cl2N3/c1-13(2)5-12-8-6(9)3-11-4-7(8)10/h3-5H,1-2H3. The Kier molecular flexibility index (Phi) is 3.51. The summed E-state index contributed by atoms with van der Waals surface area (Å²) in [6, 6.07) is 0. The zero-order valence-electron chi connectivity index (χ0n) is 7.33. The van der Waals surface area contributed by atoms with E-state index in [1.807, 2.05) is 14.1 Å². The molecule has 0 saturated heterocycles. The maximum absolute atomic E-state index is 5.83. The highest BCUT2D eigenvalue weighted by Crippen LogP contribution is 2.30. The topological polar surface area (TPSA) is 28.5 Å². The second-order valence-electron chi connectivity index (χ2n) is 2.66. The Hall–Kier alpha value is -0.800. The van der Waals surface area contributed by atoms with Crippen LogP contribution in [0, 0.1) is 0 Å². The van der Waals surface area contributed by atoms with Gasteiger partial charge in [0, 0.05) is 26.5 Å². The second kappa shape index (κ2) is 4.44.